The summed E-state index contributed by atoms with van der Waals surface area (Å²) in [5.41, 5.74) is 3.47. The molecule has 8 heteroatoms. The van der Waals surface area contributed by atoms with Crippen LogP contribution >= 0.6 is 0 Å². The molecule has 0 saturated carbocycles. The van der Waals surface area contributed by atoms with E-state index in [9.17, 15) is 10.1 Å². The molecule has 2 aromatic carbocycles. The number of benzene rings is 2. The van der Waals surface area contributed by atoms with Crippen molar-refractivity contribution >= 4 is 26.4 Å². The van der Waals surface area contributed by atoms with Crippen LogP contribution in [0.4, 0.5) is 0 Å². The van der Waals surface area contributed by atoms with Crippen LogP contribution in [-0.4, -0.2) is 50.7 Å². The number of nitrogens with zero attached hydrogens (tertiary/aromatic N) is 1. The Kier molecular flexibility index (Phi) is 6.82. The van der Waals surface area contributed by atoms with Crippen LogP contribution in [0.1, 0.15) is 95.1 Å². The number of ketones is 1. The minimum Gasteiger partial charge on any atom is -0.491 e. The summed E-state index contributed by atoms with van der Waals surface area (Å²) in [6.07, 6.45) is -0.640. The van der Waals surface area contributed by atoms with Crippen LogP contribution in [-0.2, 0) is 19.3 Å². The highest BCUT2D eigenvalue weighted by Crippen LogP contribution is 2.45. The third kappa shape index (κ3) is 5.12. The van der Waals surface area contributed by atoms with Crippen molar-refractivity contribution in [2.75, 3.05) is 6.61 Å². The zero-order valence-electron chi connectivity index (χ0n) is 25.0. The standard InChI is InChI=1S/C32H40N2O5Si/c1-29(2,3)40-39-31(6,7)28-24(37-32(8,9)38-28)17-36-19-11-13-22-21(15-19)26(35)25-20-12-10-18(16-33)14-23(20)34-27(25)30(22,4)5/h10-15,24,28,34H,17,40H2,1-9H3/t24-,28-/m1/s1. The summed E-state index contributed by atoms with van der Waals surface area (Å²) in [5, 5.41) is 10.3. The van der Waals surface area contributed by atoms with Gasteiger partial charge in [-0.1, -0.05) is 46.8 Å². The molecule has 1 aromatic heterocycles. The van der Waals surface area contributed by atoms with Crippen LogP contribution < -0.4 is 4.74 Å². The molecule has 1 N–H and O–H groups in total. The molecule has 1 aliphatic carbocycles. The van der Waals surface area contributed by atoms with Crippen molar-refractivity contribution in [2.45, 2.75) is 96.4 Å². The SMILES string of the molecule is CC1(C)O[C@@H](C(C)(C)O[SiH2]C(C)(C)C)[C@@H](COc2ccc3c(c2)C(=O)c2c([nH]c4cc(C#N)ccc24)C3(C)C)O1. The molecule has 1 aliphatic heterocycles. The van der Waals surface area contributed by atoms with Crippen molar-refractivity contribution in [3.63, 3.8) is 0 Å². The van der Waals surface area contributed by atoms with Crippen LogP contribution in [0.2, 0.25) is 5.04 Å². The van der Waals surface area contributed by atoms with Gasteiger partial charge in [-0.15, -0.1) is 0 Å². The molecule has 2 atom stereocenters. The number of H-pyrrole nitrogens is 1. The lowest BCUT2D eigenvalue weighted by molar-refractivity contribution is -0.162. The first-order chi connectivity index (χ1) is 18.5. The number of carbonyl (C=O) groups is 1. The Morgan fingerprint density at radius 3 is 2.45 bits per heavy atom. The molecular formula is C32H40N2O5Si. The Morgan fingerprint density at radius 2 is 1.77 bits per heavy atom. The van der Waals surface area contributed by atoms with Gasteiger partial charge >= 0.3 is 0 Å². The summed E-state index contributed by atoms with van der Waals surface area (Å²) >= 11 is 0. The lowest BCUT2D eigenvalue weighted by atomic mass is 9.71. The number of rotatable bonds is 6. The lowest BCUT2D eigenvalue weighted by Crippen LogP contribution is -2.48. The number of hydrogen-bond acceptors (Lipinski definition) is 6. The van der Waals surface area contributed by atoms with E-state index in [1.165, 1.54) is 0 Å². The van der Waals surface area contributed by atoms with Gasteiger partial charge in [0.1, 0.15) is 24.6 Å². The van der Waals surface area contributed by atoms with E-state index in [1.807, 2.05) is 38.1 Å². The Balaban J connectivity index is 1.41. The molecule has 0 spiro atoms. The molecule has 0 amide bonds. The quantitative estimate of drug-likeness (QED) is 0.377. The maximum absolute atomic E-state index is 13.9. The molecule has 0 unspecified atom stereocenters. The summed E-state index contributed by atoms with van der Waals surface area (Å²) in [6.45, 7) is 19.0. The largest absolute Gasteiger partial charge is 0.491 e. The molecule has 40 heavy (non-hydrogen) atoms. The van der Waals surface area contributed by atoms with Crippen molar-refractivity contribution < 1.29 is 23.4 Å². The fourth-order valence-corrected chi connectivity index (χ4v) is 6.77. The average molecular weight is 561 g/mol. The second-order valence-electron chi connectivity index (χ2n) is 13.8. The third-order valence-electron chi connectivity index (χ3n) is 7.85. The molecule has 1 fully saturated rings. The van der Waals surface area contributed by atoms with E-state index >= 15 is 0 Å². The summed E-state index contributed by atoms with van der Waals surface area (Å²) < 4.78 is 25.3. The molecule has 5 rings (SSSR count). The Bertz CT molecular complexity index is 1520. The second-order valence-corrected chi connectivity index (χ2v) is 16.5. The highest BCUT2D eigenvalue weighted by molar-refractivity contribution is 6.31. The Morgan fingerprint density at radius 1 is 1.05 bits per heavy atom. The predicted octanol–water partition coefficient (Wildman–Crippen LogP) is 5.91. The first-order valence-electron chi connectivity index (χ1n) is 13.9. The minimum absolute atomic E-state index is 0.0492. The minimum atomic E-state index is -0.808. The van der Waals surface area contributed by atoms with Gasteiger partial charge in [-0.2, -0.15) is 5.26 Å². The summed E-state index contributed by atoms with van der Waals surface area (Å²) in [7, 11) is -0.808. The van der Waals surface area contributed by atoms with Gasteiger partial charge in [0, 0.05) is 27.6 Å². The fraction of sp³-hybridized carbons (Fsp3) is 0.500. The van der Waals surface area contributed by atoms with Gasteiger partial charge in [-0.3, -0.25) is 4.79 Å². The molecule has 2 aliphatic rings. The van der Waals surface area contributed by atoms with Crippen LogP contribution in [0.5, 0.6) is 5.75 Å². The van der Waals surface area contributed by atoms with Crippen molar-refractivity contribution in [1.29, 1.82) is 5.26 Å². The lowest BCUT2D eigenvalue weighted by Gasteiger charge is -2.36. The van der Waals surface area contributed by atoms with E-state index in [1.54, 1.807) is 12.1 Å². The average Bonchev–Trinajstić information content (AvgIpc) is 3.42. The van der Waals surface area contributed by atoms with Crippen LogP contribution in [0.15, 0.2) is 36.4 Å². The number of ether oxygens (including phenoxy) is 3. The molecule has 212 valence electrons. The zero-order valence-corrected chi connectivity index (χ0v) is 26.4. The van der Waals surface area contributed by atoms with Gasteiger partial charge in [-0.25, -0.2) is 0 Å². The molecule has 3 aromatic rings. The van der Waals surface area contributed by atoms with Gasteiger partial charge in [-0.05, 0) is 62.6 Å². The first kappa shape index (κ1) is 28.6. The number of carbonyl (C=O) groups excluding carboxylic acids is 1. The summed E-state index contributed by atoms with van der Waals surface area (Å²) in [6, 6.07) is 13.3. The summed E-state index contributed by atoms with van der Waals surface area (Å²) in [5.74, 6) is -0.199. The van der Waals surface area contributed by atoms with Gasteiger partial charge in [0.15, 0.2) is 21.3 Å². The number of nitriles is 1. The van der Waals surface area contributed by atoms with E-state index < -0.39 is 26.6 Å². The number of aromatic nitrogens is 1. The molecule has 0 radical (unpaired) electrons. The monoisotopic (exact) mass is 560 g/mol. The highest BCUT2D eigenvalue weighted by Gasteiger charge is 2.50. The normalized spacial score (nSPS) is 21.9. The maximum atomic E-state index is 13.9. The van der Waals surface area contributed by atoms with E-state index in [2.05, 4.69) is 59.5 Å². The molecule has 0 bridgehead atoms. The number of hydrogen-bond donors (Lipinski definition) is 1. The van der Waals surface area contributed by atoms with Crippen molar-refractivity contribution in [1.82, 2.24) is 4.98 Å². The molecule has 7 nitrogen and oxygen atoms in total. The fourth-order valence-electron chi connectivity index (χ4n) is 5.80. The molecule has 2 heterocycles. The van der Waals surface area contributed by atoms with Gasteiger partial charge in [0.2, 0.25) is 0 Å². The Hall–Kier alpha value is -2.96. The van der Waals surface area contributed by atoms with Crippen LogP contribution in [0.25, 0.3) is 10.9 Å². The van der Waals surface area contributed by atoms with Gasteiger partial charge < -0.3 is 23.6 Å². The van der Waals surface area contributed by atoms with Gasteiger partial charge in [0.05, 0.1) is 22.8 Å². The summed E-state index contributed by atoms with van der Waals surface area (Å²) in [4.78, 5) is 17.3. The van der Waals surface area contributed by atoms with Crippen LogP contribution in [0, 0.1) is 11.3 Å². The molecular weight excluding hydrogens is 520 g/mol. The Labute approximate surface area is 239 Å². The first-order valence-corrected chi connectivity index (χ1v) is 15.2. The topological polar surface area (TPSA) is 93.6 Å². The zero-order chi connectivity index (χ0) is 29.3. The van der Waals surface area contributed by atoms with Crippen molar-refractivity contribution in [3.8, 4) is 11.8 Å². The molecule has 1 saturated heterocycles. The van der Waals surface area contributed by atoms with Crippen LogP contribution in [0.3, 0.4) is 0 Å². The van der Waals surface area contributed by atoms with E-state index in [4.69, 9.17) is 18.6 Å². The number of aromatic amines is 1. The van der Waals surface area contributed by atoms with Crippen molar-refractivity contribution in [2.24, 2.45) is 0 Å². The van der Waals surface area contributed by atoms with E-state index in [0.717, 1.165) is 22.2 Å². The van der Waals surface area contributed by atoms with E-state index in [-0.39, 0.29) is 29.6 Å². The third-order valence-corrected chi connectivity index (χ3v) is 9.60. The maximum Gasteiger partial charge on any atom is 0.195 e. The number of nitrogens with one attached hydrogen (secondary N) is 1. The number of fused-ring (bicyclic) bond motifs is 4. The van der Waals surface area contributed by atoms with E-state index in [0.29, 0.717) is 22.4 Å². The highest BCUT2D eigenvalue weighted by atomic mass is 28.2. The second kappa shape index (κ2) is 9.56. The smallest absolute Gasteiger partial charge is 0.195 e. The van der Waals surface area contributed by atoms with Crippen molar-refractivity contribution in [3.05, 3.63) is 64.3 Å². The predicted molar refractivity (Wildman–Crippen MR) is 158 cm³/mol. The van der Waals surface area contributed by atoms with Gasteiger partial charge in [0.25, 0.3) is 0 Å².